The van der Waals surface area contributed by atoms with E-state index in [2.05, 4.69) is 37.8 Å². The summed E-state index contributed by atoms with van der Waals surface area (Å²) in [6, 6.07) is -3.65. The molecular weight excluding hydrogens is 424 g/mol. The average molecular weight is 452 g/mol. The Morgan fingerprint density at radius 2 is 1.53 bits per heavy atom. The molecule has 13 nitrogen and oxygen atoms in total. The van der Waals surface area contributed by atoms with Gasteiger partial charge in [-0.3, -0.25) is 28.8 Å². The lowest BCUT2D eigenvalue weighted by Gasteiger charge is -2.22. The molecule has 0 aliphatic carbocycles. The van der Waals surface area contributed by atoms with Crippen molar-refractivity contribution in [2.75, 3.05) is 26.7 Å². The van der Waals surface area contributed by atoms with Gasteiger partial charge in [-0.05, 0) is 26.4 Å². The number of carboxylic acids is 1. The standard InChI is InChI=1S/C19H28N6O7/c1-3-5-11-19(32)25-12(6-4-7-20-2)17(30)21-10-15(27)24-13(8-16(28)29)18(31)22-9-14(26)23-11/h1,11-13,20H,4-10H2,2H3,(H,21,30)(H,22,31)(H,23,26)(H,24,27)(H,25,32)(H,28,29)/t11-,12?,13?/m0/s1. The number of carboxylic acid groups (broad SMARTS) is 1. The number of amides is 5. The lowest BCUT2D eigenvalue weighted by molar-refractivity contribution is -0.140. The van der Waals surface area contributed by atoms with Crippen molar-refractivity contribution in [2.45, 2.75) is 43.8 Å². The zero-order valence-corrected chi connectivity index (χ0v) is 17.7. The lowest BCUT2D eigenvalue weighted by atomic mass is 10.1. The van der Waals surface area contributed by atoms with Gasteiger partial charge in [0.1, 0.15) is 18.1 Å². The van der Waals surface area contributed by atoms with Gasteiger partial charge in [-0.25, -0.2) is 0 Å². The first kappa shape index (κ1) is 26.4. The fourth-order valence-electron chi connectivity index (χ4n) is 2.81. The van der Waals surface area contributed by atoms with E-state index in [1.165, 1.54) is 0 Å². The summed E-state index contributed by atoms with van der Waals surface area (Å²) in [7, 11) is 1.72. The van der Waals surface area contributed by atoms with Crippen molar-refractivity contribution >= 4 is 35.5 Å². The van der Waals surface area contributed by atoms with E-state index in [1.54, 1.807) is 7.05 Å². The van der Waals surface area contributed by atoms with Gasteiger partial charge in [-0.2, -0.15) is 0 Å². The largest absolute Gasteiger partial charge is 0.481 e. The molecule has 0 radical (unpaired) electrons. The minimum absolute atomic E-state index is 0.169. The highest BCUT2D eigenvalue weighted by molar-refractivity contribution is 5.97. The van der Waals surface area contributed by atoms with Crippen LogP contribution in [-0.4, -0.2) is 85.4 Å². The fourth-order valence-corrected chi connectivity index (χ4v) is 2.81. The smallest absolute Gasteiger partial charge is 0.305 e. The summed E-state index contributed by atoms with van der Waals surface area (Å²) in [5.74, 6) is -2.95. The molecule has 5 amide bonds. The Morgan fingerprint density at radius 1 is 0.969 bits per heavy atom. The summed E-state index contributed by atoms with van der Waals surface area (Å²) < 4.78 is 0. The van der Waals surface area contributed by atoms with E-state index in [-0.39, 0.29) is 12.8 Å². The summed E-state index contributed by atoms with van der Waals surface area (Å²) >= 11 is 0. The fraction of sp³-hybridized carbons (Fsp3) is 0.579. The molecule has 3 atom stereocenters. The Bertz CT molecular complexity index is 779. The van der Waals surface area contributed by atoms with Crippen LogP contribution >= 0.6 is 0 Å². The predicted molar refractivity (Wildman–Crippen MR) is 111 cm³/mol. The second kappa shape index (κ2) is 13.6. The van der Waals surface area contributed by atoms with Crippen LogP contribution in [0.1, 0.15) is 25.7 Å². The van der Waals surface area contributed by atoms with Crippen molar-refractivity contribution in [1.82, 2.24) is 31.9 Å². The van der Waals surface area contributed by atoms with Gasteiger partial charge in [-0.1, -0.05) is 0 Å². The highest BCUT2D eigenvalue weighted by Crippen LogP contribution is 2.01. The monoisotopic (exact) mass is 452 g/mol. The lowest BCUT2D eigenvalue weighted by Crippen LogP contribution is -2.55. The van der Waals surface area contributed by atoms with Crippen LogP contribution in [0.15, 0.2) is 0 Å². The van der Waals surface area contributed by atoms with Crippen molar-refractivity contribution in [3.8, 4) is 12.3 Å². The van der Waals surface area contributed by atoms with Crippen LogP contribution in [0, 0.1) is 12.3 Å². The highest BCUT2D eigenvalue weighted by atomic mass is 16.4. The molecule has 13 heteroatoms. The predicted octanol–water partition coefficient (Wildman–Crippen LogP) is -3.82. The molecule has 1 rings (SSSR count). The molecule has 0 bridgehead atoms. The number of terminal acetylenes is 1. The molecule has 1 saturated heterocycles. The van der Waals surface area contributed by atoms with E-state index in [1.807, 2.05) is 0 Å². The minimum atomic E-state index is -1.47. The maximum atomic E-state index is 12.6. The number of carbonyl (C=O) groups excluding carboxylic acids is 5. The maximum absolute atomic E-state index is 12.6. The summed E-state index contributed by atoms with van der Waals surface area (Å²) in [4.78, 5) is 72.8. The van der Waals surface area contributed by atoms with Gasteiger partial charge in [0.05, 0.1) is 19.5 Å². The van der Waals surface area contributed by atoms with Gasteiger partial charge >= 0.3 is 5.97 Å². The van der Waals surface area contributed by atoms with E-state index in [0.29, 0.717) is 13.0 Å². The van der Waals surface area contributed by atoms with Gasteiger partial charge in [0.15, 0.2) is 0 Å². The summed E-state index contributed by atoms with van der Waals surface area (Å²) in [5.41, 5.74) is 0. The summed E-state index contributed by atoms with van der Waals surface area (Å²) in [6.45, 7) is -0.567. The van der Waals surface area contributed by atoms with Crippen molar-refractivity contribution in [2.24, 2.45) is 0 Å². The van der Waals surface area contributed by atoms with Gasteiger partial charge in [0.25, 0.3) is 0 Å². The molecule has 1 heterocycles. The van der Waals surface area contributed by atoms with Gasteiger partial charge in [0.2, 0.25) is 29.5 Å². The summed E-state index contributed by atoms with van der Waals surface area (Å²) in [6.07, 6.45) is 5.12. The first-order valence-corrected chi connectivity index (χ1v) is 9.92. The van der Waals surface area contributed by atoms with Crippen molar-refractivity contribution in [3.63, 3.8) is 0 Å². The van der Waals surface area contributed by atoms with E-state index in [0.717, 1.165) is 0 Å². The third kappa shape index (κ3) is 9.43. The number of rotatable bonds is 7. The Morgan fingerprint density at radius 3 is 2.06 bits per heavy atom. The second-order valence-corrected chi connectivity index (χ2v) is 6.99. The molecule has 0 aromatic heterocycles. The maximum Gasteiger partial charge on any atom is 0.305 e. The molecule has 0 aromatic carbocycles. The Balaban J connectivity index is 3.11. The molecule has 1 fully saturated rings. The van der Waals surface area contributed by atoms with Crippen LogP contribution in [-0.2, 0) is 28.8 Å². The quantitative estimate of drug-likeness (QED) is 0.151. The molecular formula is C19H28N6O7. The van der Waals surface area contributed by atoms with Crippen LogP contribution in [0.4, 0.5) is 0 Å². The molecule has 1 aliphatic rings. The van der Waals surface area contributed by atoms with Crippen LogP contribution < -0.4 is 31.9 Å². The van der Waals surface area contributed by atoms with Crippen LogP contribution in [0.5, 0.6) is 0 Å². The Hall–Kier alpha value is -3.66. The van der Waals surface area contributed by atoms with Gasteiger partial charge in [-0.15, -0.1) is 12.3 Å². The molecule has 0 aromatic rings. The first-order valence-electron chi connectivity index (χ1n) is 9.92. The third-order valence-electron chi connectivity index (χ3n) is 4.40. The first-order chi connectivity index (χ1) is 15.2. The Labute approximate surface area is 184 Å². The van der Waals surface area contributed by atoms with E-state index in [4.69, 9.17) is 11.5 Å². The minimum Gasteiger partial charge on any atom is -0.481 e. The third-order valence-corrected chi connectivity index (χ3v) is 4.40. The normalized spacial score (nSPS) is 23.2. The number of carbonyl (C=O) groups is 6. The number of nitrogens with one attached hydrogen (secondary N) is 6. The molecule has 0 spiro atoms. The van der Waals surface area contributed by atoms with E-state index >= 15 is 0 Å². The number of hydrogen-bond acceptors (Lipinski definition) is 7. The van der Waals surface area contributed by atoms with Crippen LogP contribution in [0.25, 0.3) is 0 Å². The zero-order valence-electron chi connectivity index (χ0n) is 17.7. The Kier molecular flexibility index (Phi) is 11.2. The molecule has 32 heavy (non-hydrogen) atoms. The summed E-state index contributed by atoms with van der Waals surface area (Å²) in [5, 5.41) is 23.5. The van der Waals surface area contributed by atoms with Gasteiger partial charge < -0.3 is 37.0 Å². The topological polar surface area (TPSA) is 195 Å². The highest BCUT2D eigenvalue weighted by Gasteiger charge is 2.29. The molecule has 7 N–H and O–H groups in total. The van der Waals surface area contributed by atoms with Crippen molar-refractivity contribution in [1.29, 1.82) is 0 Å². The molecule has 0 saturated carbocycles. The zero-order chi connectivity index (χ0) is 24.1. The number of aliphatic carboxylic acids is 1. The molecule has 176 valence electrons. The van der Waals surface area contributed by atoms with Crippen LogP contribution in [0.3, 0.4) is 0 Å². The molecule has 1 aliphatic heterocycles. The SMILES string of the molecule is C#CC[C@@H]1NC(=O)CNC(=O)C(CC(=O)O)NC(=O)CNC(=O)C(CCCNC)NC1=O. The molecule has 2 unspecified atom stereocenters. The van der Waals surface area contributed by atoms with Crippen molar-refractivity contribution in [3.05, 3.63) is 0 Å². The van der Waals surface area contributed by atoms with Crippen molar-refractivity contribution < 1.29 is 33.9 Å². The average Bonchev–Trinajstić information content (AvgIpc) is 2.73. The van der Waals surface area contributed by atoms with Gasteiger partial charge in [0, 0.05) is 6.42 Å². The van der Waals surface area contributed by atoms with E-state index < -0.39 is 73.1 Å². The van der Waals surface area contributed by atoms with Crippen LogP contribution in [0.2, 0.25) is 0 Å². The van der Waals surface area contributed by atoms with E-state index in [9.17, 15) is 28.8 Å². The number of hydrogen-bond donors (Lipinski definition) is 7. The second-order valence-electron chi connectivity index (χ2n) is 6.99.